The predicted octanol–water partition coefficient (Wildman–Crippen LogP) is -1.85. The van der Waals surface area contributed by atoms with E-state index in [-0.39, 0.29) is 53.1 Å². The van der Waals surface area contributed by atoms with E-state index in [1.54, 1.807) is 0 Å². The van der Waals surface area contributed by atoms with Crippen LogP contribution in [0.3, 0.4) is 0 Å². The molecule has 0 aliphatic rings. The van der Waals surface area contributed by atoms with Crippen LogP contribution in [0.2, 0.25) is 0 Å². The van der Waals surface area contributed by atoms with Crippen LogP contribution in [0.1, 0.15) is 0 Å². The topological polar surface area (TPSA) is 77.8 Å². The molecule has 0 unspecified atom stereocenters. The second-order valence-corrected chi connectivity index (χ2v) is 1.54. The van der Waals surface area contributed by atoms with Crippen LogP contribution in [0, 0.1) is 0 Å². The molecule has 0 saturated carbocycles. The zero-order valence-corrected chi connectivity index (χ0v) is 11.7. The summed E-state index contributed by atoms with van der Waals surface area (Å²) in [6, 6.07) is 0. The van der Waals surface area contributed by atoms with Crippen molar-refractivity contribution in [3.63, 3.8) is 0 Å². The van der Waals surface area contributed by atoms with Crippen molar-refractivity contribution in [3.05, 3.63) is 0 Å². The fraction of sp³-hybridized carbons (Fsp3) is 0. The Hall–Kier alpha value is 1.90. The summed E-state index contributed by atoms with van der Waals surface area (Å²) in [5, 5.41) is 0. The van der Waals surface area contributed by atoms with Gasteiger partial charge in [0.05, 0.1) is 0 Å². The van der Waals surface area contributed by atoms with Gasteiger partial charge in [0.1, 0.15) is 0 Å². The van der Waals surface area contributed by atoms with Crippen molar-refractivity contribution in [2.75, 3.05) is 0 Å². The number of phosphoric acid groups is 1. The average Bonchev–Trinajstić information content (AvgIpc) is 0.722. The smallest absolute Gasteiger partial charge is 0 e. The van der Waals surface area contributed by atoms with Crippen LogP contribution in [0.5, 0.6) is 0 Å². The first-order valence-corrected chi connectivity index (χ1v) is 2.35. The Bertz CT molecular complexity index is 57.8. The molecule has 0 rings (SSSR count). The molecule has 0 aromatic carbocycles. The standard InChI is InChI=1S/H3O4P.Pb.Sc.2H/c1-5(2,3)4;;;;/h(H3,1,2,3,4);;;;. The van der Waals surface area contributed by atoms with E-state index in [0.717, 1.165) is 0 Å². The fourth-order valence-corrected chi connectivity index (χ4v) is 0. The van der Waals surface area contributed by atoms with Crippen LogP contribution in [0.25, 0.3) is 0 Å². The van der Waals surface area contributed by atoms with Crippen LogP contribution in [-0.2, 0) is 30.4 Å². The molecule has 0 saturated heterocycles. The van der Waals surface area contributed by atoms with E-state index < -0.39 is 7.82 Å². The first kappa shape index (κ1) is 16.0. The van der Waals surface area contributed by atoms with E-state index in [9.17, 15) is 0 Å². The summed E-state index contributed by atoms with van der Waals surface area (Å²) in [6.07, 6.45) is 0. The molecule has 0 bridgehead atoms. The van der Waals surface area contributed by atoms with Gasteiger partial charge in [-0.3, -0.25) is 0 Å². The maximum atomic E-state index is 8.88. The molecular formula is H5O4PPbSc. The molecule has 0 aliphatic heterocycles. The third-order valence-electron chi connectivity index (χ3n) is 0. The zero-order chi connectivity index (χ0) is 4.50. The number of hydrogen-bond acceptors (Lipinski definition) is 1. The van der Waals surface area contributed by atoms with E-state index in [0.29, 0.717) is 0 Å². The molecule has 7 heavy (non-hydrogen) atoms. The van der Waals surface area contributed by atoms with E-state index >= 15 is 0 Å². The summed E-state index contributed by atoms with van der Waals surface area (Å²) in [4.78, 5) is 21.6. The van der Waals surface area contributed by atoms with Gasteiger partial charge in [-0.05, 0) is 0 Å². The fourth-order valence-electron chi connectivity index (χ4n) is 0. The summed E-state index contributed by atoms with van der Waals surface area (Å²) in [7, 11) is -4.64. The number of hydrogen-bond donors (Lipinski definition) is 3. The van der Waals surface area contributed by atoms with Gasteiger partial charge in [0.15, 0.2) is 0 Å². The zero-order valence-electron chi connectivity index (χ0n) is 3.48. The molecule has 0 atom stereocenters. The molecule has 3 radical (unpaired) electrons. The molecular weight excluding hydrogens is 347 g/mol. The number of rotatable bonds is 0. The van der Waals surface area contributed by atoms with Crippen LogP contribution in [0.4, 0.5) is 0 Å². The van der Waals surface area contributed by atoms with Crippen molar-refractivity contribution in [2.45, 2.75) is 0 Å². The van der Waals surface area contributed by atoms with Crippen LogP contribution in [0.15, 0.2) is 0 Å². The minimum absolute atomic E-state index is 0. The summed E-state index contributed by atoms with van der Waals surface area (Å²) in [5.74, 6) is 0. The van der Waals surface area contributed by atoms with Crippen LogP contribution >= 0.6 is 7.82 Å². The van der Waals surface area contributed by atoms with Crippen LogP contribution in [-0.4, -0.2) is 42.0 Å². The Labute approximate surface area is 79.5 Å². The van der Waals surface area contributed by atoms with Crippen molar-refractivity contribution in [1.82, 2.24) is 0 Å². The second-order valence-electron chi connectivity index (χ2n) is 0.513. The molecule has 7 heteroatoms. The molecule has 41 valence electrons. The maximum absolute atomic E-state index is 8.88. The minimum Gasteiger partial charge on any atom is 0 e. The molecule has 0 aromatic rings. The van der Waals surface area contributed by atoms with Gasteiger partial charge in [-0.1, -0.05) is 0 Å². The first-order valence-electron chi connectivity index (χ1n) is 0.783. The molecule has 0 aliphatic carbocycles. The van der Waals surface area contributed by atoms with Gasteiger partial charge in [-0.15, -0.1) is 0 Å². The van der Waals surface area contributed by atoms with Gasteiger partial charge >= 0.3 is 35.1 Å². The van der Waals surface area contributed by atoms with Crippen molar-refractivity contribution in [3.8, 4) is 0 Å². The summed E-state index contributed by atoms with van der Waals surface area (Å²) in [6.45, 7) is 0. The summed E-state index contributed by atoms with van der Waals surface area (Å²) in [5.41, 5.74) is 0. The van der Waals surface area contributed by atoms with E-state index in [2.05, 4.69) is 0 Å². The predicted molar refractivity (Wildman–Crippen MR) is 22.8 cm³/mol. The van der Waals surface area contributed by atoms with E-state index in [1.807, 2.05) is 0 Å². The van der Waals surface area contributed by atoms with Gasteiger partial charge in [0.25, 0.3) is 0 Å². The van der Waals surface area contributed by atoms with Gasteiger partial charge in [0, 0.05) is 25.8 Å². The molecule has 0 spiro atoms. The van der Waals surface area contributed by atoms with Gasteiger partial charge in [-0.25, -0.2) is 4.57 Å². The summed E-state index contributed by atoms with van der Waals surface area (Å²) < 4.78 is 8.88. The van der Waals surface area contributed by atoms with E-state index in [1.165, 1.54) is 0 Å². The Kier molecular flexibility index (Phi) is 13.7. The molecule has 0 amide bonds. The Morgan fingerprint density at radius 2 is 1.14 bits per heavy atom. The van der Waals surface area contributed by atoms with Crippen molar-refractivity contribution in [2.24, 2.45) is 0 Å². The Morgan fingerprint density at radius 1 is 1.14 bits per heavy atom. The quantitative estimate of drug-likeness (QED) is 0.354. The second kappa shape index (κ2) is 6.03. The summed E-state index contributed by atoms with van der Waals surface area (Å²) >= 11 is 0. The minimum atomic E-state index is -4.64. The van der Waals surface area contributed by atoms with Crippen LogP contribution < -0.4 is 0 Å². The van der Waals surface area contributed by atoms with Gasteiger partial charge in [-0.2, -0.15) is 0 Å². The average molecular weight is 352 g/mol. The third kappa shape index (κ3) is 76.1. The maximum Gasteiger partial charge on any atom is 0 e. The molecule has 0 fully saturated rings. The van der Waals surface area contributed by atoms with Gasteiger partial charge < -0.3 is 14.7 Å². The normalized spacial score (nSPS) is 8.43. The monoisotopic (exact) mass is 353 g/mol. The largest absolute Gasteiger partial charge is 0 e. The molecule has 0 aromatic heterocycles. The Morgan fingerprint density at radius 3 is 1.14 bits per heavy atom. The Balaban J connectivity index is -0.0000000800. The SMILES string of the molecule is O=P(O)(O)O.[PbH2].[Sc]. The van der Waals surface area contributed by atoms with Crippen molar-refractivity contribution >= 4 is 35.1 Å². The molecule has 3 N–H and O–H groups in total. The molecule has 0 heterocycles. The van der Waals surface area contributed by atoms with E-state index in [4.69, 9.17) is 19.2 Å². The van der Waals surface area contributed by atoms with Crippen molar-refractivity contribution < 1.29 is 45.1 Å². The third-order valence-corrected chi connectivity index (χ3v) is 0. The van der Waals surface area contributed by atoms with Crippen molar-refractivity contribution in [1.29, 1.82) is 0 Å². The first-order chi connectivity index (χ1) is 2.00. The molecule has 4 nitrogen and oxygen atoms in total. The van der Waals surface area contributed by atoms with Gasteiger partial charge in [0.2, 0.25) is 0 Å².